The maximum absolute atomic E-state index is 13.1. The number of carboxylic acid groups (broad SMARTS) is 1. The molecule has 1 unspecified atom stereocenters. The van der Waals surface area contributed by atoms with Gasteiger partial charge in [0.15, 0.2) is 6.04 Å². The summed E-state index contributed by atoms with van der Waals surface area (Å²) < 4.78 is 13.1. The number of carbonyl (C=O) groups is 3. The van der Waals surface area contributed by atoms with Crippen molar-refractivity contribution >= 4 is 17.8 Å². The molecule has 1 aliphatic rings. The number of rotatable bonds is 5. The van der Waals surface area contributed by atoms with E-state index in [0.717, 1.165) is 0 Å². The number of halogens is 1. The highest BCUT2D eigenvalue weighted by Crippen LogP contribution is 2.21. The van der Waals surface area contributed by atoms with Gasteiger partial charge in [-0.2, -0.15) is 0 Å². The number of amides is 2. The van der Waals surface area contributed by atoms with Crippen LogP contribution in [0.2, 0.25) is 0 Å². The summed E-state index contributed by atoms with van der Waals surface area (Å²) in [6.45, 7) is 0.699. The third-order valence-electron chi connectivity index (χ3n) is 4.84. The minimum atomic E-state index is -1.14. The Morgan fingerprint density at radius 3 is 2.39 bits per heavy atom. The molecule has 146 valence electrons. The molecular formula is C21H21FN2O4. The lowest BCUT2D eigenvalue weighted by molar-refractivity contribution is -0.143. The lowest BCUT2D eigenvalue weighted by atomic mass is 9.95. The van der Waals surface area contributed by atoms with Crippen LogP contribution in [0.4, 0.5) is 4.39 Å². The first kappa shape index (κ1) is 19.5. The molecule has 2 atom stereocenters. The number of hydrogen-bond donors (Lipinski definition) is 2. The van der Waals surface area contributed by atoms with Crippen LogP contribution in [-0.2, 0) is 9.59 Å². The Labute approximate surface area is 162 Å². The van der Waals surface area contributed by atoms with Gasteiger partial charge in [0.05, 0.1) is 5.92 Å². The number of carboxylic acids is 1. The molecule has 2 aromatic carbocycles. The number of piperidine rings is 1. The van der Waals surface area contributed by atoms with Gasteiger partial charge < -0.3 is 15.3 Å². The molecule has 2 amide bonds. The van der Waals surface area contributed by atoms with Crippen molar-refractivity contribution in [3.63, 3.8) is 0 Å². The van der Waals surface area contributed by atoms with E-state index < -0.39 is 29.7 Å². The predicted octanol–water partition coefficient (Wildman–Crippen LogP) is 2.62. The van der Waals surface area contributed by atoms with Crippen LogP contribution in [0, 0.1) is 11.7 Å². The summed E-state index contributed by atoms with van der Waals surface area (Å²) in [7, 11) is 0. The van der Waals surface area contributed by atoms with Gasteiger partial charge >= 0.3 is 5.97 Å². The van der Waals surface area contributed by atoms with Gasteiger partial charge in [-0.05, 0) is 42.7 Å². The Kier molecular flexibility index (Phi) is 6.03. The van der Waals surface area contributed by atoms with Gasteiger partial charge in [-0.1, -0.05) is 30.3 Å². The Bertz CT molecular complexity index is 854. The highest BCUT2D eigenvalue weighted by molar-refractivity contribution is 5.95. The fraction of sp³-hybridized carbons (Fsp3) is 0.286. The van der Waals surface area contributed by atoms with Crippen LogP contribution in [0.1, 0.15) is 34.8 Å². The molecule has 1 aliphatic heterocycles. The fourth-order valence-corrected chi connectivity index (χ4v) is 3.34. The third kappa shape index (κ3) is 4.54. The maximum atomic E-state index is 13.1. The van der Waals surface area contributed by atoms with Gasteiger partial charge in [0.25, 0.3) is 5.91 Å². The molecule has 1 fully saturated rings. The molecular weight excluding hydrogens is 363 g/mol. The number of nitrogens with zero attached hydrogens (tertiary/aromatic N) is 1. The summed E-state index contributed by atoms with van der Waals surface area (Å²) in [6.07, 6.45) is 1.20. The van der Waals surface area contributed by atoms with Gasteiger partial charge in [-0.3, -0.25) is 9.59 Å². The second-order valence-electron chi connectivity index (χ2n) is 6.79. The van der Waals surface area contributed by atoms with Crippen molar-refractivity contribution in [2.24, 2.45) is 5.92 Å². The monoisotopic (exact) mass is 384 g/mol. The number of hydrogen-bond acceptors (Lipinski definition) is 3. The number of likely N-dealkylation sites (tertiary alicyclic amines) is 1. The quantitative estimate of drug-likeness (QED) is 0.830. The van der Waals surface area contributed by atoms with E-state index in [9.17, 15) is 23.9 Å². The van der Waals surface area contributed by atoms with E-state index in [4.69, 9.17) is 0 Å². The van der Waals surface area contributed by atoms with Crippen LogP contribution in [0.5, 0.6) is 0 Å². The molecule has 1 heterocycles. The molecule has 28 heavy (non-hydrogen) atoms. The largest absolute Gasteiger partial charge is 0.479 e. The van der Waals surface area contributed by atoms with E-state index in [0.29, 0.717) is 30.5 Å². The molecule has 0 aliphatic carbocycles. The molecule has 6 nitrogen and oxygen atoms in total. The minimum Gasteiger partial charge on any atom is -0.479 e. The van der Waals surface area contributed by atoms with Crippen molar-refractivity contribution in [3.8, 4) is 0 Å². The maximum Gasteiger partial charge on any atom is 0.330 e. The van der Waals surface area contributed by atoms with Gasteiger partial charge in [0.2, 0.25) is 5.91 Å². The third-order valence-corrected chi connectivity index (χ3v) is 4.84. The highest BCUT2D eigenvalue weighted by Gasteiger charge is 2.31. The molecule has 0 spiro atoms. The van der Waals surface area contributed by atoms with Crippen molar-refractivity contribution in [2.45, 2.75) is 18.9 Å². The summed E-state index contributed by atoms with van der Waals surface area (Å²) in [5.41, 5.74) is 0.841. The molecule has 0 radical (unpaired) electrons. The topological polar surface area (TPSA) is 86.7 Å². The zero-order valence-corrected chi connectivity index (χ0v) is 15.2. The van der Waals surface area contributed by atoms with E-state index >= 15 is 0 Å². The molecule has 7 heteroatoms. The molecule has 0 bridgehead atoms. The fourth-order valence-electron chi connectivity index (χ4n) is 3.34. The Morgan fingerprint density at radius 2 is 1.75 bits per heavy atom. The summed E-state index contributed by atoms with van der Waals surface area (Å²) in [5, 5.41) is 12.1. The first-order valence-corrected chi connectivity index (χ1v) is 9.08. The lowest BCUT2D eigenvalue weighted by Crippen LogP contribution is -2.47. The Morgan fingerprint density at radius 1 is 1.07 bits per heavy atom. The van der Waals surface area contributed by atoms with E-state index in [1.165, 1.54) is 24.3 Å². The zero-order valence-electron chi connectivity index (χ0n) is 15.2. The average Bonchev–Trinajstić information content (AvgIpc) is 2.72. The number of carbonyl (C=O) groups excluding carboxylic acids is 2. The summed E-state index contributed by atoms with van der Waals surface area (Å²) >= 11 is 0. The first-order valence-electron chi connectivity index (χ1n) is 9.08. The molecule has 0 aromatic heterocycles. The molecule has 3 rings (SSSR count). The lowest BCUT2D eigenvalue weighted by Gasteiger charge is -2.32. The second kappa shape index (κ2) is 8.65. The van der Waals surface area contributed by atoms with Gasteiger partial charge in [-0.25, -0.2) is 9.18 Å². The number of nitrogens with one attached hydrogen (secondary N) is 1. The number of aliphatic carboxylic acids is 1. The Hall–Kier alpha value is -3.22. The van der Waals surface area contributed by atoms with Gasteiger partial charge in [0.1, 0.15) is 5.82 Å². The molecule has 2 aromatic rings. The summed E-state index contributed by atoms with van der Waals surface area (Å²) in [4.78, 5) is 38.4. The van der Waals surface area contributed by atoms with Crippen LogP contribution in [-0.4, -0.2) is 40.9 Å². The van der Waals surface area contributed by atoms with Crippen molar-refractivity contribution in [1.29, 1.82) is 0 Å². The summed E-state index contributed by atoms with van der Waals surface area (Å²) in [5.74, 6) is -2.73. The van der Waals surface area contributed by atoms with Crippen LogP contribution < -0.4 is 5.32 Å². The van der Waals surface area contributed by atoms with Crippen molar-refractivity contribution in [2.75, 3.05) is 13.1 Å². The average molecular weight is 384 g/mol. The normalized spacial score (nSPS) is 17.6. The molecule has 1 saturated heterocycles. The highest BCUT2D eigenvalue weighted by atomic mass is 19.1. The van der Waals surface area contributed by atoms with E-state index in [-0.39, 0.29) is 12.5 Å². The SMILES string of the molecule is O=C(N[C@@H](C(=O)O)c1ccccc1)C1CCCN(C(=O)c2ccc(F)cc2)C1. The second-order valence-corrected chi connectivity index (χ2v) is 6.79. The Balaban J connectivity index is 1.67. The van der Waals surface area contributed by atoms with Crippen LogP contribution in [0.25, 0.3) is 0 Å². The molecule has 2 N–H and O–H groups in total. The first-order chi connectivity index (χ1) is 13.5. The number of benzene rings is 2. The van der Waals surface area contributed by atoms with Crippen molar-refractivity contribution in [3.05, 3.63) is 71.5 Å². The zero-order chi connectivity index (χ0) is 20.1. The smallest absolute Gasteiger partial charge is 0.330 e. The van der Waals surface area contributed by atoms with Crippen LogP contribution in [0.3, 0.4) is 0 Å². The van der Waals surface area contributed by atoms with E-state index in [1.54, 1.807) is 35.2 Å². The standard InChI is InChI=1S/C21H21FN2O4/c22-17-10-8-15(9-11-17)20(26)24-12-4-7-16(13-24)19(25)23-18(21(27)28)14-5-2-1-3-6-14/h1-3,5-6,8-11,16,18H,4,7,12-13H2,(H,23,25)(H,27,28)/t16?,18-/m1/s1. The predicted molar refractivity (Wildman–Crippen MR) is 100.0 cm³/mol. The van der Waals surface area contributed by atoms with Gasteiger partial charge in [0, 0.05) is 18.7 Å². The molecule has 0 saturated carbocycles. The van der Waals surface area contributed by atoms with E-state index in [2.05, 4.69) is 5.32 Å². The summed E-state index contributed by atoms with van der Waals surface area (Å²) in [6, 6.07) is 12.6. The minimum absolute atomic E-state index is 0.198. The van der Waals surface area contributed by atoms with Gasteiger partial charge in [-0.15, -0.1) is 0 Å². The van der Waals surface area contributed by atoms with Crippen molar-refractivity contribution in [1.82, 2.24) is 10.2 Å². The van der Waals surface area contributed by atoms with Crippen LogP contribution in [0.15, 0.2) is 54.6 Å². The van der Waals surface area contributed by atoms with Crippen LogP contribution >= 0.6 is 0 Å². The van der Waals surface area contributed by atoms with Crippen molar-refractivity contribution < 1.29 is 23.9 Å². The van der Waals surface area contributed by atoms with E-state index in [1.807, 2.05) is 0 Å².